The van der Waals surface area contributed by atoms with Gasteiger partial charge >= 0.3 is 0 Å². The van der Waals surface area contributed by atoms with Gasteiger partial charge in [-0.2, -0.15) is 0 Å². The molecule has 0 amide bonds. The highest BCUT2D eigenvalue weighted by molar-refractivity contribution is 5.54. The third-order valence-electron chi connectivity index (χ3n) is 4.70. The molecule has 1 aromatic rings. The van der Waals surface area contributed by atoms with E-state index in [-0.39, 0.29) is 10.6 Å². The van der Waals surface area contributed by atoms with Gasteiger partial charge in [0.05, 0.1) is 4.92 Å². The van der Waals surface area contributed by atoms with E-state index in [1.165, 1.54) is 19.3 Å². The summed E-state index contributed by atoms with van der Waals surface area (Å²) in [6, 6.07) is 5.77. The summed E-state index contributed by atoms with van der Waals surface area (Å²) in [5.74, 6) is 0. The van der Waals surface area contributed by atoms with Crippen molar-refractivity contribution in [3.05, 3.63) is 33.9 Å². The van der Waals surface area contributed by atoms with E-state index < -0.39 is 0 Å². The van der Waals surface area contributed by atoms with Crippen molar-refractivity contribution in [3.63, 3.8) is 0 Å². The summed E-state index contributed by atoms with van der Waals surface area (Å²) in [6.07, 6.45) is 6.16. The van der Waals surface area contributed by atoms with Crippen LogP contribution in [0.15, 0.2) is 18.2 Å². The molecule has 1 aromatic carbocycles. The Balaban J connectivity index is 1.68. The lowest BCUT2D eigenvalue weighted by Gasteiger charge is -2.48. The standard InChI is InChI=1S/C15H21N3O2/c1-11-9-12(3-4-14(11)18(19)20)17-13-5-8-16-15(10-13)6-2-7-15/h3-4,9,13,16-17H,2,5-8,10H2,1H3. The van der Waals surface area contributed by atoms with Crippen molar-refractivity contribution in [2.45, 2.75) is 50.6 Å². The van der Waals surface area contributed by atoms with Crippen molar-refractivity contribution in [2.24, 2.45) is 0 Å². The molecule has 1 saturated heterocycles. The Labute approximate surface area is 118 Å². The molecule has 2 aliphatic rings. The lowest BCUT2D eigenvalue weighted by atomic mass is 9.70. The van der Waals surface area contributed by atoms with E-state index in [4.69, 9.17) is 0 Å². The first-order valence-corrected chi connectivity index (χ1v) is 7.35. The van der Waals surface area contributed by atoms with Crippen LogP contribution in [-0.4, -0.2) is 23.0 Å². The Morgan fingerprint density at radius 1 is 1.45 bits per heavy atom. The second-order valence-electron chi connectivity index (χ2n) is 6.15. The summed E-state index contributed by atoms with van der Waals surface area (Å²) in [5.41, 5.74) is 2.27. The zero-order chi connectivity index (χ0) is 14.2. The number of nitro benzene ring substituents is 1. The predicted molar refractivity (Wildman–Crippen MR) is 79.1 cm³/mol. The van der Waals surface area contributed by atoms with Crippen LogP contribution >= 0.6 is 0 Å². The molecule has 1 heterocycles. The van der Waals surface area contributed by atoms with Gasteiger partial charge in [-0.1, -0.05) is 0 Å². The van der Waals surface area contributed by atoms with Crippen LogP contribution in [0.5, 0.6) is 0 Å². The summed E-state index contributed by atoms with van der Waals surface area (Å²) in [6.45, 7) is 2.85. The molecule has 0 bridgehead atoms. The Hall–Kier alpha value is -1.62. The third-order valence-corrected chi connectivity index (χ3v) is 4.70. The lowest BCUT2D eigenvalue weighted by molar-refractivity contribution is -0.385. The number of hydrogen-bond acceptors (Lipinski definition) is 4. The van der Waals surface area contributed by atoms with Crippen molar-refractivity contribution in [1.29, 1.82) is 0 Å². The number of nitro groups is 1. The quantitative estimate of drug-likeness (QED) is 0.657. The van der Waals surface area contributed by atoms with E-state index in [0.29, 0.717) is 17.1 Å². The van der Waals surface area contributed by atoms with E-state index in [1.807, 2.05) is 12.1 Å². The molecule has 1 atom stereocenters. The molecule has 0 aromatic heterocycles. The van der Waals surface area contributed by atoms with E-state index in [9.17, 15) is 10.1 Å². The molecule has 5 nitrogen and oxygen atoms in total. The summed E-state index contributed by atoms with van der Waals surface area (Å²) in [4.78, 5) is 10.5. The molecule has 1 saturated carbocycles. The summed E-state index contributed by atoms with van der Waals surface area (Å²) in [5, 5.41) is 18.0. The highest BCUT2D eigenvalue weighted by Gasteiger charge is 2.40. The number of nitrogens with zero attached hydrogens (tertiary/aromatic N) is 1. The lowest BCUT2D eigenvalue weighted by Crippen LogP contribution is -2.58. The van der Waals surface area contributed by atoms with Crippen LogP contribution in [0.25, 0.3) is 0 Å². The van der Waals surface area contributed by atoms with Crippen LogP contribution in [-0.2, 0) is 0 Å². The van der Waals surface area contributed by atoms with Gasteiger partial charge in [0.15, 0.2) is 0 Å². The van der Waals surface area contributed by atoms with Crippen molar-refractivity contribution in [1.82, 2.24) is 5.32 Å². The molecular formula is C15H21N3O2. The molecule has 108 valence electrons. The normalized spacial score (nSPS) is 24.1. The van der Waals surface area contributed by atoms with Crippen molar-refractivity contribution >= 4 is 11.4 Å². The number of anilines is 1. The zero-order valence-electron chi connectivity index (χ0n) is 11.8. The first kappa shape index (κ1) is 13.4. The molecule has 1 aliphatic heterocycles. The van der Waals surface area contributed by atoms with Gasteiger partial charge < -0.3 is 10.6 Å². The first-order valence-electron chi connectivity index (χ1n) is 7.35. The number of piperidine rings is 1. The molecule has 2 fully saturated rings. The Kier molecular flexibility index (Phi) is 3.38. The molecule has 0 radical (unpaired) electrons. The second kappa shape index (κ2) is 5.05. The first-order chi connectivity index (χ1) is 9.58. The number of rotatable bonds is 3. The highest BCUT2D eigenvalue weighted by Crippen LogP contribution is 2.39. The zero-order valence-corrected chi connectivity index (χ0v) is 11.8. The minimum Gasteiger partial charge on any atom is -0.382 e. The molecule has 1 unspecified atom stereocenters. The van der Waals surface area contributed by atoms with Crippen LogP contribution in [0.4, 0.5) is 11.4 Å². The van der Waals surface area contributed by atoms with Gasteiger partial charge in [-0.3, -0.25) is 10.1 Å². The number of nitrogens with one attached hydrogen (secondary N) is 2. The van der Waals surface area contributed by atoms with Crippen LogP contribution in [0.2, 0.25) is 0 Å². The van der Waals surface area contributed by atoms with Gasteiger partial charge in [0, 0.05) is 28.9 Å². The third kappa shape index (κ3) is 2.50. The largest absolute Gasteiger partial charge is 0.382 e. The van der Waals surface area contributed by atoms with Crippen LogP contribution < -0.4 is 10.6 Å². The summed E-state index contributed by atoms with van der Waals surface area (Å²) >= 11 is 0. The van der Waals surface area contributed by atoms with Gasteiger partial charge in [-0.25, -0.2) is 0 Å². The molecule has 2 N–H and O–H groups in total. The van der Waals surface area contributed by atoms with Gasteiger partial charge in [0.2, 0.25) is 0 Å². The fourth-order valence-electron chi connectivity index (χ4n) is 3.45. The summed E-state index contributed by atoms with van der Waals surface area (Å²) < 4.78 is 0. The fraction of sp³-hybridized carbons (Fsp3) is 0.600. The molecular weight excluding hydrogens is 254 g/mol. The molecule has 20 heavy (non-hydrogen) atoms. The SMILES string of the molecule is Cc1cc(NC2CCNC3(CCC3)C2)ccc1[N+](=O)[O-]. The second-order valence-corrected chi connectivity index (χ2v) is 6.15. The number of benzene rings is 1. The summed E-state index contributed by atoms with van der Waals surface area (Å²) in [7, 11) is 0. The maximum atomic E-state index is 10.8. The average molecular weight is 275 g/mol. The van der Waals surface area contributed by atoms with Gasteiger partial charge in [0.25, 0.3) is 5.69 Å². The average Bonchev–Trinajstić information content (AvgIpc) is 2.37. The van der Waals surface area contributed by atoms with E-state index in [1.54, 1.807) is 13.0 Å². The number of aryl methyl sites for hydroxylation is 1. The monoisotopic (exact) mass is 275 g/mol. The molecule has 1 spiro atoms. The maximum absolute atomic E-state index is 10.8. The van der Waals surface area contributed by atoms with Crippen LogP contribution in [0.1, 0.15) is 37.7 Å². The van der Waals surface area contributed by atoms with E-state index >= 15 is 0 Å². The van der Waals surface area contributed by atoms with Crippen molar-refractivity contribution in [2.75, 3.05) is 11.9 Å². The minimum atomic E-state index is -0.326. The molecule has 1 aliphatic carbocycles. The van der Waals surface area contributed by atoms with Gasteiger partial charge in [-0.05, 0) is 57.7 Å². The van der Waals surface area contributed by atoms with Crippen molar-refractivity contribution < 1.29 is 4.92 Å². The molecule has 5 heteroatoms. The smallest absolute Gasteiger partial charge is 0.272 e. The number of hydrogen-bond donors (Lipinski definition) is 2. The fourth-order valence-corrected chi connectivity index (χ4v) is 3.45. The van der Waals surface area contributed by atoms with Crippen LogP contribution in [0.3, 0.4) is 0 Å². The topological polar surface area (TPSA) is 67.2 Å². The van der Waals surface area contributed by atoms with Gasteiger partial charge in [-0.15, -0.1) is 0 Å². The van der Waals surface area contributed by atoms with E-state index in [2.05, 4.69) is 10.6 Å². The molecule has 3 rings (SSSR count). The Bertz CT molecular complexity index is 526. The van der Waals surface area contributed by atoms with Crippen molar-refractivity contribution in [3.8, 4) is 0 Å². The minimum absolute atomic E-state index is 0.191. The Morgan fingerprint density at radius 3 is 2.85 bits per heavy atom. The Morgan fingerprint density at radius 2 is 2.25 bits per heavy atom. The predicted octanol–water partition coefficient (Wildman–Crippen LogP) is 2.99. The van der Waals surface area contributed by atoms with Gasteiger partial charge in [0.1, 0.15) is 0 Å². The van der Waals surface area contributed by atoms with E-state index in [0.717, 1.165) is 25.1 Å². The van der Waals surface area contributed by atoms with Crippen LogP contribution in [0, 0.1) is 17.0 Å². The maximum Gasteiger partial charge on any atom is 0.272 e. The highest BCUT2D eigenvalue weighted by atomic mass is 16.6.